The maximum absolute atomic E-state index is 12.9. The van der Waals surface area contributed by atoms with E-state index in [1.54, 1.807) is 21.0 Å². The van der Waals surface area contributed by atoms with E-state index in [4.69, 9.17) is 4.74 Å². The first-order chi connectivity index (χ1) is 12.4. The van der Waals surface area contributed by atoms with Gasteiger partial charge < -0.3 is 15.0 Å². The first-order valence-corrected chi connectivity index (χ1v) is 9.55. The zero-order valence-electron chi connectivity index (χ0n) is 16.3. The average Bonchev–Trinajstić information content (AvgIpc) is 2.66. The minimum Gasteiger partial charge on any atom is -0.385 e. The highest BCUT2D eigenvalue weighted by atomic mass is 16.5. The Balaban J connectivity index is 1.81. The second kappa shape index (κ2) is 9.72. The minimum atomic E-state index is -1.03. The second-order valence-corrected chi connectivity index (χ2v) is 7.65. The molecule has 1 aromatic carbocycles. The van der Waals surface area contributed by atoms with Gasteiger partial charge in [0, 0.05) is 33.4 Å². The van der Waals surface area contributed by atoms with E-state index in [-0.39, 0.29) is 11.8 Å². The molecule has 0 aromatic heterocycles. The number of likely N-dealkylation sites (tertiary alicyclic amines) is 1. The first kappa shape index (κ1) is 20.4. The lowest BCUT2D eigenvalue weighted by Crippen LogP contribution is -2.51. The lowest BCUT2D eigenvalue weighted by atomic mass is 9.86. The monoisotopic (exact) mass is 360 g/mol. The van der Waals surface area contributed by atoms with Crippen molar-refractivity contribution in [2.24, 2.45) is 11.3 Å². The van der Waals surface area contributed by atoms with Crippen molar-refractivity contribution < 1.29 is 14.3 Å². The van der Waals surface area contributed by atoms with Gasteiger partial charge in [-0.05, 0) is 51.0 Å². The lowest BCUT2D eigenvalue weighted by molar-refractivity contribution is -0.149. The van der Waals surface area contributed by atoms with Gasteiger partial charge in [0.25, 0.3) is 0 Å². The van der Waals surface area contributed by atoms with Crippen LogP contribution in [0.5, 0.6) is 0 Å². The predicted octanol–water partition coefficient (Wildman–Crippen LogP) is 2.65. The Morgan fingerprint density at radius 2 is 1.85 bits per heavy atom. The number of amides is 2. The summed E-state index contributed by atoms with van der Waals surface area (Å²) in [6.07, 6.45) is 3.79. The summed E-state index contributed by atoms with van der Waals surface area (Å²) in [7, 11) is 1.64. The van der Waals surface area contributed by atoms with E-state index in [9.17, 15) is 9.59 Å². The van der Waals surface area contributed by atoms with Gasteiger partial charge >= 0.3 is 0 Å². The number of carbonyl (C=O) groups excluding carboxylic acids is 2. The molecule has 1 aliphatic rings. The Morgan fingerprint density at radius 1 is 1.19 bits per heavy atom. The molecule has 5 nitrogen and oxygen atoms in total. The summed E-state index contributed by atoms with van der Waals surface area (Å²) in [5, 5.41) is 2.85. The summed E-state index contributed by atoms with van der Waals surface area (Å²) in [5.74, 6) is 0.331. The highest BCUT2D eigenvalue weighted by molar-refractivity contribution is 6.04. The van der Waals surface area contributed by atoms with Crippen molar-refractivity contribution in [3.05, 3.63) is 35.9 Å². The minimum absolute atomic E-state index is 0.0695. The molecule has 0 unspecified atom stereocenters. The summed E-state index contributed by atoms with van der Waals surface area (Å²) in [5.41, 5.74) is 0.326. The SMILES string of the molecule is COCCCNC(=O)C(C)(C)C(=O)N1CCC(Cc2ccccc2)CC1. The van der Waals surface area contributed by atoms with E-state index in [2.05, 4.69) is 29.6 Å². The van der Waals surface area contributed by atoms with E-state index in [0.717, 1.165) is 38.8 Å². The third-order valence-corrected chi connectivity index (χ3v) is 5.18. The first-order valence-electron chi connectivity index (χ1n) is 9.55. The summed E-state index contributed by atoms with van der Waals surface area (Å²) in [6, 6.07) is 10.5. The molecule has 1 fully saturated rings. The predicted molar refractivity (Wildman–Crippen MR) is 103 cm³/mol. The van der Waals surface area contributed by atoms with Crippen molar-refractivity contribution in [3.63, 3.8) is 0 Å². The fraction of sp³-hybridized carbons (Fsp3) is 0.619. The summed E-state index contributed by atoms with van der Waals surface area (Å²) < 4.78 is 4.98. The molecule has 1 heterocycles. The molecule has 1 aliphatic heterocycles. The molecule has 2 rings (SSSR count). The molecule has 0 atom stereocenters. The maximum Gasteiger partial charge on any atom is 0.237 e. The number of hydrogen-bond acceptors (Lipinski definition) is 3. The quantitative estimate of drug-likeness (QED) is 0.573. The van der Waals surface area contributed by atoms with Crippen LogP contribution in [0.3, 0.4) is 0 Å². The highest BCUT2D eigenvalue weighted by Crippen LogP contribution is 2.26. The Kier molecular flexibility index (Phi) is 7.64. The van der Waals surface area contributed by atoms with Crippen LogP contribution in [0.2, 0.25) is 0 Å². The third-order valence-electron chi connectivity index (χ3n) is 5.18. The molecule has 1 N–H and O–H groups in total. The van der Waals surface area contributed by atoms with Crippen LogP contribution in [0.1, 0.15) is 38.7 Å². The Morgan fingerprint density at radius 3 is 2.46 bits per heavy atom. The summed E-state index contributed by atoms with van der Waals surface area (Å²) in [4.78, 5) is 27.1. The van der Waals surface area contributed by atoms with Crippen molar-refractivity contribution >= 4 is 11.8 Å². The molecular formula is C21H32N2O3. The van der Waals surface area contributed by atoms with Gasteiger partial charge in [0.2, 0.25) is 11.8 Å². The van der Waals surface area contributed by atoms with Gasteiger partial charge in [-0.2, -0.15) is 0 Å². The van der Waals surface area contributed by atoms with Crippen LogP contribution in [0, 0.1) is 11.3 Å². The standard InChI is InChI=1S/C21H32N2O3/c1-21(2,19(24)22-12-7-15-26-3)20(25)23-13-10-18(11-14-23)16-17-8-5-4-6-9-17/h4-6,8-9,18H,7,10-16H2,1-3H3,(H,22,24). The zero-order valence-corrected chi connectivity index (χ0v) is 16.3. The molecule has 26 heavy (non-hydrogen) atoms. The third kappa shape index (κ3) is 5.56. The molecule has 144 valence electrons. The van der Waals surface area contributed by atoms with Gasteiger partial charge in [-0.1, -0.05) is 30.3 Å². The van der Waals surface area contributed by atoms with Crippen LogP contribution in [0.4, 0.5) is 0 Å². The molecule has 0 aliphatic carbocycles. The Hall–Kier alpha value is -1.88. The van der Waals surface area contributed by atoms with Crippen LogP contribution in [0.25, 0.3) is 0 Å². The van der Waals surface area contributed by atoms with Crippen molar-refractivity contribution in [2.75, 3.05) is 33.4 Å². The second-order valence-electron chi connectivity index (χ2n) is 7.65. The normalized spacial score (nSPS) is 15.7. The van der Waals surface area contributed by atoms with Crippen molar-refractivity contribution in [1.29, 1.82) is 0 Å². The molecule has 1 aromatic rings. The van der Waals surface area contributed by atoms with Gasteiger partial charge in [0.1, 0.15) is 5.41 Å². The molecule has 0 bridgehead atoms. The summed E-state index contributed by atoms with van der Waals surface area (Å²) >= 11 is 0. The topological polar surface area (TPSA) is 58.6 Å². The van der Waals surface area contributed by atoms with Gasteiger partial charge in [0.15, 0.2) is 0 Å². The van der Waals surface area contributed by atoms with Crippen LogP contribution < -0.4 is 5.32 Å². The number of hydrogen-bond donors (Lipinski definition) is 1. The molecule has 0 radical (unpaired) electrons. The van der Waals surface area contributed by atoms with Gasteiger partial charge in [-0.15, -0.1) is 0 Å². The Bertz CT molecular complexity index is 578. The van der Waals surface area contributed by atoms with Gasteiger partial charge in [-0.3, -0.25) is 9.59 Å². The maximum atomic E-state index is 12.9. The van der Waals surface area contributed by atoms with Crippen LogP contribution in [-0.4, -0.2) is 50.1 Å². The number of rotatable bonds is 8. The number of nitrogens with zero attached hydrogens (tertiary/aromatic N) is 1. The number of ether oxygens (including phenoxy) is 1. The molecule has 1 saturated heterocycles. The Labute approximate surface area is 157 Å². The number of benzene rings is 1. The largest absolute Gasteiger partial charge is 0.385 e. The number of methoxy groups -OCH3 is 1. The van der Waals surface area contributed by atoms with E-state index in [0.29, 0.717) is 19.1 Å². The lowest BCUT2D eigenvalue weighted by Gasteiger charge is -2.36. The fourth-order valence-corrected chi connectivity index (χ4v) is 3.42. The van der Waals surface area contributed by atoms with Crippen molar-refractivity contribution in [2.45, 2.75) is 39.5 Å². The molecule has 5 heteroatoms. The molecule has 0 saturated carbocycles. The van der Waals surface area contributed by atoms with E-state index >= 15 is 0 Å². The smallest absolute Gasteiger partial charge is 0.237 e. The van der Waals surface area contributed by atoms with Crippen LogP contribution in [0.15, 0.2) is 30.3 Å². The van der Waals surface area contributed by atoms with Crippen molar-refractivity contribution in [3.8, 4) is 0 Å². The van der Waals surface area contributed by atoms with Gasteiger partial charge in [-0.25, -0.2) is 0 Å². The highest BCUT2D eigenvalue weighted by Gasteiger charge is 2.39. The van der Waals surface area contributed by atoms with Gasteiger partial charge in [0.05, 0.1) is 0 Å². The number of piperidine rings is 1. The van der Waals surface area contributed by atoms with E-state index in [1.807, 2.05) is 11.0 Å². The zero-order chi connectivity index (χ0) is 19.0. The van der Waals surface area contributed by atoms with Crippen LogP contribution in [-0.2, 0) is 20.7 Å². The van der Waals surface area contributed by atoms with E-state index < -0.39 is 5.41 Å². The molecular weight excluding hydrogens is 328 g/mol. The molecule has 0 spiro atoms. The van der Waals surface area contributed by atoms with E-state index in [1.165, 1.54) is 5.56 Å². The fourth-order valence-electron chi connectivity index (χ4n) is 3.42. The average molecular weight is 360 g/mol. The number of nitrogens with one attached hydrogen (secondary N) is 1. The summed E-state index contributed by atoms with van der Waals surface area (Å²) in [6.45, 7) is 6.04. The number of carbonyl (C=O) groups is 2. The van der Waals surface area contributed by atoms with Crippen molar-refractivity contribution in [1.82, 2.24) is 10.2 Å². The van der Waals surface area contributed by atoms with Crippen LogP contribution >= 0.6 is 0 Å². The molecule has 2 amide bonds.